The minimum atomic E-state index is 0.890. The van der Waals surface area contributed by atoms with E-state index in [-0.39, 0.29) is 0 Å². The molecule has 4 heteroatoms. The van der Waals surface area contributed by atoms with Gasteiger partial charge >= 0.3 is 0 Å². The van der Waals surface area contributed by atoms with Crippen molar-refractivity contribution in [3.05, 3.63) is 22.5 Å². The average molecular weight is 277 g/mol. The van der Waals surface area contributed by atoms with Crippen LogP contribution < -0.4 is 5.32 Å². The van der Waals surface area contributed by atoms with E-state index in [4.69, 9.17) is 0 Å². The van der Waals surface area contributed by atoms with Crippen LogP contribution in [0.2, 0.25) is 0 Å². The number of hydrogen-bond acceptors (Lipinski definition) is 3. The molecule has 3 rings (SSSR count). The maximum absolute atomic E-state index is 4.64. The standard InChI is InChI=1S/C15H23N3S/c1-11-10-18-14(12(2)17-15(18)19-11)9-16-8-13-6-4-3-5-7-13/h10,13,16H,3-9H2,1-2H3. The Labute approximate surface area is 119 Å². The van der Waals surface area contributed by atoms with Gasteiger partial charge in [-0.1, -0.05) is 19.3 Å². The van der Waals surface area contributed by atoms with Crippen molar-refractivity contribution in [1.82, 2.24) is 14.7 Å². The first-order valence-electron chi connectivity index (χ1n) is 7.38. The lowest BCUT2D eigenvalue weighted by Gasteiger charge is -2.21. The predicted octanol–water partition coefficient (Wildman–Crippen LogP) is 3.68. The van der Waals surface area contributed by atoms with Crippen LogP contribution in [0.1, 0.15) is 48.4 Å². The van der Waals surface area contributed by atoms with Crippen molar-refractivity contribution >= 4 is 16.3 Å². The van der Waals surface area contributed by atoms with Crippen LogP contribution >= 0.6 is 11.3 Å². The number of nitrogens with one attached hydrogen (secondary N) is 1. The number of fused-ring (bicyclic) bond motifs is 1. The summed E-state index contributed by atoms with van der Waals surface area (Å²) in [7, 11) is 0. The Bertz CT molecular complexity index is 549. The van der Waals surface area contributed by atoms with E-state index < -0.39 is 0 Å². The molecule has 3 nitrogen and oxygen atoms in total. The van der Waals surface area contributed by atoms with Crippen LogP contribution in [-0.2, 0) is 6.54 Å². The molecule has 0 aromatic carbocycles. The second-order valence-corrected chi connectivity index (χ2v) is 6.99. The van der Waals surface area contributed by atoms with Gasteiger partial charge in [0.05, 0.1) is 11.4 Å². The highest BCUT2D eigenvalue weighted by atomic mass is 32.1. The molecule has 1 aliphatic rings. The van der Waals surface area contributed by atoms with Crippen LogP contribution in [-0.4, -0.2) is 15.9 Å². The van der Waals surface area contributed by atoms with Gasteiger partial charge in [0.15, 0.2) is 4.96 Å². The van der Waals surface area contributed by atoms with E-state index in [2.05, 4.69) is 34.7 Å². The summed E-state index contributed by atoms with van der Waals surface area (Å²) in [6.07, 6.45) is 9.30. The Balaban J connectivity index is 1.62. The van der Waals surface area contributed by atoms with E-state index in [1.807, 2.05) is 0 Å². The van der Waals surface area contributed by atoms with E-state index in [0.29, 0.717) is 0 Å². The van der Waals surface area contributed by atoms with E-state index >= 15 is 0 Å². The number of aryl methyl sites for hydroxylation is 2. The molecule has 1 N–H and O–H groups in total. The van der Waals surface area contributed by atoms with Crippen molar-refractivity contribution in [2.75, 3.05) is 6.54 Å². The first-order valence-corrected chi connectivity index (χ1v) is 8.20. The smallest absolute Gasteiger partial charge is 0.194 e. The van der Waals surface area contributed by atoms with Crippen molar-refractivity contribution in [3.8, 4) is 0 Å². The van der Waals surface area contributed by atoms with Gasteiger partial charge < -0.3 is 5.32 Å². The molecule has 1 fully saturated rings. The third-order valence-electron chi connectivity index (χ3n) is 4.19. The predicted molar refractivity (Wildman–Crippen MR) is 80.8 cm³/mol. The van der Waals surface area contributed by atoms with Crippen LogP contribution in [0.3, 0.4) is 0 Å². The maximum atomic E-state index is 4.64. The minimum Gasteiger partial charge on any atom is -0.311 e. The van der Waals surface area contributed by atoms with Gasteiger partial charge in [-0.3, -0.25) is 4.40 Å². The highest BCUT2D eigenvalue weighted by Crippen LogP contribution is 2.23. The second kappa shape index (κ2) is 5.63. The number of nitrogens with zero attached hydrogens (tertiary/aromatic N) is 2. The molecular formula is C15H23N3S. The topological polar surface area (TPSA) is 29.3 Å². The van der Waals surface area contributed by atoms with E-state index in [1.165, 1.54) is 48.4 Å². The lowest BCUT2D eigenvalue weighted by atomic mass is 9.89. The van der Waals surface area contributed by atoms with Crippen molar-refractivity contribution < 1.29 is 0 Å². The lowest BCUT2D eigenvalue weighted by molar-refractivity contribution is 0.341. The van der Waals surface area contributed by atoms with Crippen LogP contribution in [0.15, 0.2) is 6.20 Å². The number of hydrogen-bond donors (Lipinski definition) is 1. The Kier molecular flexibility index (Phi) is 3.89. The SMILES string of the molecule is Cc1cn2c(CNCC3CCCCC3)c(C)nc2s1. The van der Waals surface area contributed by atoms with Gasteiger partial charge in [-0.15, -0.1) is 11.3 Å². The van der Waals surface area contributed by atoms with Crippen molar-refractivity contribution in [1.29, 1.82) is 0 Å². The largest absolute Gasteiger partial charge is 0.311 e. The Morgan fingerprint density at radius 1 is 1.32 bits per heavy atom. The molecule has 0 radical (unpaired) electrons. The molecule has 0 aliphatic heterocycles. The molecule has 0 spiro atoms. The van der Waals surface area contributed by atoms with Gasteiger partial charge in [0.1, 0.15) is 0 Å². The van der Waals surface area contributed by atoms with Gasteiger partial charge in [0.2, 0.25) is 0 Å². The molecule has 2 aromatic rings. The number of imidazole rings is 1. The Hall–Kier alpha value is -0.870. The molecule has 1 aliphatic carbocycles. The Morgan fingerprint density at radius 2 is 2.11 bits per heavy atom. The number of thiazole rings is 1. The second-order valence-electron chi connectivity index (χ2n) is 5.77. The quantitative estimate of drug-likeness (QED) is 0.923. The molecule has 0 saturated heterocycles. The van der Waals surface area contributed by atoms with Gasteiger partial charge in [0, 0.05) is 17.6 Å². The van der Waals surface area contributed by atoms with Crippen molar-refractivity contribution in [2.24, 2.45) is 5.92 Å². The van der Waals surface area contributed by atoms with Gasteiger partial charge in [-0.05, 0) is 39.2 Å². The van der Waals surface area contributed by atoms with E-state index in [0.717, 1.165) is 24.0 Å². The summed E-state index contributed by atoms with van der Waals surface area (Å²) in [6, 6.07) is 0. The molecule has 19 heavy (non-hydrogen) atoms. The number of rotatable bonds is 4. The maximum Gasteiger partial charge on any atom is 0.194 e. The zero-order valence-electron chi connectivity index (χ0n) is 11.9. The fourth-order valence-corrected chi connectivity index (χ4v) is 4.00. The normalized spacial score (nSPS) is 17.4. The van der Waals surface area contributed by atoms with Crippen LogP contribution in [0, 0.1) is 19.8 Å². The molecule has 104 valence electrons. The minimum absolute atomic E-state index is 0.890. The summed E-state index contributed by atoms with van der Waals surface area (Å²) < 4.78 is 2.25. The molecular weight excluding hydrogens is 254 g/mol. The van der Waals surface area contributed by atoms with Crippen molar-refractivity contribution in [3.63, 3.8) is 0 Å². The fourth-order valence-electron chi connectivity index (χ4n) is 3.11. The summed E-state index contributed by atoms with van der Waals surface area (Å²) >= 11 is 1.77. The molecule has 0 bridgehead atoms. The monoisotopic (exact) mass is 277 g/mol. The van der Waals surface area contributed by atoms with E-state index in [1.54, 1.807) is 11.3 Å². The summed E-state index contributed by atoms with van der Waals surface area (Å²) in [4.78, 5) is 7.10. The van der Waals surface area contributed by atoms with E-state index in [9.17, 15) is 0 Å². The van der Waals surface area contributed by atoms with Gasteiger partial charge in [-0.2, -0.15) is 0 Å². The zero-order chi connectivity index (χ0) is 13.2. The molecule has 0 amide bonds. The van der Waals surface area contributed by atoms with Gasteiger partial charge in [0.25, 0.3) is 0 Å². The lowest BCUT2D eigenvalue weighted by Crippen LogP contribution is -2.24. The highest BCUT2D eigenvalue weighted by Gasteiger charge is 2.14. The van der Waals surface area contributed by atoms with Crippen molar-refractivity contribution in [2.45, 2.75) is 52.5 Å². The molecule has 1 saturated carbocycles. The number of aromatic nitrogens is 2. The van der Waals surface area contributed by atoms with Gasteiger partial charge in [-0.25, -0.2) is 4.98 Å². The third kappa shape index (κ3) is 2.84. The Morgan fingerprint density at radius 3 is 2.89 bits per heavy atom. The fraction of sp³-hybridized carbons (Fsp3) is 0.667. The average Bonchev–Trinajstić information content (AvgIpc) is 2.88. The molecule has 2 heterocycles. The summed E-state index contributed by atoms with van der Waals surface area (Å²) in [5, 5.41) is 3.64. The molecule has 2 aromatic heterocycles. The molecule has 0 unspecified atom stereocenters. The molecule has 0 atom stereocenters. The zero-order valence-corrected chi connectivity index (χ0v) is 12.7. The first kappa shape index (κ1) is 13.1. The summed E-state index contributed by atoms with van der Waals surface area (Å²) in [5.74, 6) is 0.890. The summed E-state index contributed by atoms with van der Waals surface area (Å²) in [5.41, 5.74) is 2.50. The van der Waals surface area contributed by atoms with Crippen LogP contribution in [0.25, 0.3) is 4.96 Å². The third-order valence-corrected chi connectivity index (χ3v) is 5.09. The van der Waals surface area contributed by atoms with Crippen LogP contribution in [0.5, 0.6) is 0 Å². The summed E-state index contributed by atoms with van der Waals surface area (Å²) in [6.45, 7) is 6.37. The first-order chi connectivity index (χ1) is 9.24. The van der Waals surface area contributed by atoms with Crippen LogP contribution in [0.4, 0.5) is 0 Å². The highest BCUT2D eigenvalue weighted by molar-refractivity contribution is 7.17.